The normalized spacial score (nSPS) is 16.3. The highest BCUT2D eigenvalue weighted by molar-refractivity contribution is 8.25. The summed E-state index contributed by atoms with van der Waals surface area (Å²) in [4.78, 5) is 0. The highest BCUT2D eigenvalue weighted by Crippen LogP contribution is 2.38. The van der Waals surface area contributed by atoms with Gasteiger partial charge in [0.15, 0.2) is 0 Å². The van der Waals surface area contributed by atoms with E-state index in [9.17, 15) is 0 Å². The number of hydrogen-bond donors (Lipinski definition) is 0. The Labute approximate surface area is 137 Å². The summed E-state index contributed by atoms with van der Waals surface area (Å²) in [5, 5.41) is 0. The molecular weight excluding hydrogens is 320 g/mol. The molecule has 0 saturated carbocycles. The van der Waals surface area contributed by atoms with Crippen LogP contribution in [0.3, 0.4) is 0 Å². The zero-order valence-corrected chi connectivity index (χ0v) is 13.9. The molecule has 98 valence electrons. The van der Waals surface area contributed by atoms with Crippen molar-refractivity contribution >= 4 is 47.0 Å². The maximum Gasteiger partial charge on any atom is 0.0951 e. The summed E-state index contributed by atoms with van der Waals surface area (Å²) >= 11 is 7.06. The smallest absolute Gasteiger partial charge is 0.0951 e. The Morgan fingerprint density at radius 1 is 0.700 bits per heavy atom. The topological polar surface area (TPSA) is 0 Å². The SMILES string of the molecule is C#CC(C#CC#CC(C#C)=C1SCCS1)=C1SCCS1. The van der Waals surface area contributed by atoms with Gasteiger partial charge in [-0.05, 0) is 23.7 Å². The zero-order valence-electron chi connectivity index (χ0n) is 10.6. The molecule has 2 saturated heterocycles. The summed E-state index contributed by atoms with van der Waals surface area (Å²) in [5.41, 5.74) is 1.48. The third-order valence-corrected chi connectivity index (χ3v) is 7.66. The number of thioether (sulfide) groups is 4. The van der Waals surface area contributed by atoms with Gasteiger partial charge in [0, 0.05) is 23.0 Å². The quantitative estimate of drug-likeness (QED) is 0.622. The van der Waals surface area contributed by atoms with E-state index in [1.807, 2.05) is 0 Å². The first-order valence-corrected chi connectivity index (χ1v) is 9.74. The van der Waals surface area contributed by atoms with Crippen molar-refractivity contribution in [2.75, 3.05) is 23.0 Å². The minimum atomic E-state index is 0.742. The molecule has 2 heterocycles. The molecule has 0 amide bonds. The predicted octanol–water partition coefficient (Wildman–Crippen LogP) is 3.64. The first kappa shape index (κ1) is 15.5. The first-order valence-electron chi connectivity index (χ1n) is 5.80. The molecule has 0 aromatic heterocycles. The van der Waals surface area contributed by atoms with Gasteiger partial charge < -0.3 is 0 Å². The predicted molar refractivity (Wildman–Crippen MR) is 97.1 cm³/mol. The summed E-state index contributed by atoms with van der Waals surface area (Å²) in [6.07, 6.45) is 11.0. The van der Waals surface area contributed by atoms with E-state index in [0.717, 1.165) is 42.6 Å². The fourth-order valence-corrected chi connectivity index (χ4v) is 6.15. The van der Waals surface area contributed by atoms with Crippen LogP contribution >= 0.6 is 47.0 Å². The van der Waals surface area contributed by atoms with Crippen LogP contribution < -0.4 is 0 Å². The minimum Gasteiger partial charge on any atom is -0.116 e. The molecule has 2 aliphatic rings. The zero-order chi connectivity index (χ0) is 14.2. The molecule has 0 unspecified atom stereocenters. The van der Waals surface area contributed by atoms with Crippen molar-refractivity contribution in [2.45, 2.75) is 0 Å². The van der Waals surface area contributed by atoms with Crippen LogP contribution in [0.1, 0.15) is 0 Å². The van der Waals surface area contributed by atoms with Crippen LogP contribution in [0.2, 0.25) is 0 Å². The van der Waals surface area contributed by atoms with Crippen molar-refractivity contribution in [1.29, 1.82) is 0 Å². The maximum atomic E-state index is 5.49. The molecule has 0 radical (unpaired) electrons. The van der Waals surface area contributed by atoms with E-state index in [-0.39, 0.29) is 0 Å². The Hall–Kier alpha value is -0.880. The minimum absolute atomic E-state index is 0.742. The molecule has 0 aromatic rings. The van der Waals surface area contributed by atoms with Gasteiger partial charge >= 0.3 is 0 Å². The maximum absolute atomic E-state index is 5.49. The van der Waals surface area contributed by atoms with Crippen LogP contribution in [0.4, 0.5) is 0 Å². The van der Waals surface area contributed by atoms with Crippen LogP contribution in [-0.4, -0.2) is 23.0 Å². The summed E-state index contributed by atoms with van der Waals surface area (Å²) in [7, 11) is 0. The number of allylic oxidation sites excluding steroid dienone is 2. The molecule has 20 heavy (non-hydrogen) atoms. The Balaban J connectivity index is 2.14. The van der Waals surface area contributed by atoms with E-state index in [0.29, 0.717) is 0 Å². The second-order valence-corrected chi connectivity index (χ2v) is 8.44. The Bertz CT molecular complexity index is 584. The molecule has 2 fully saturated rings. The van der Waals surface area contributed by atoms with Gasteiger partial charge in [0.05, 0.1) is 19.6 Å². The van der Waals surface area contributed by atoms with E-state index < -0.39 is 0 Å². The molecule has 0 aromatic carbocycles. The van der Waals surface area contributed by atoms with Crippen LogP contribution in [0.15, 0.2) is 19.6 Å². The van der Waals surface area contributed by atoms with E-state index in [4.69, 9.17) is 12.8 Å². The molecule has 4 heteroatoms. The van der Waals surface area contributed by atoms with Gasteiger partial charge in [-0.2, -0.15) is 0 Å². The van der Waals surface area contributed by atoms with Crippen LogP contribution in [-0.2, 0) is 0 Å². The monoisotopic (exact) mass is 330 g/mol. The van der Waals surface area contributed by atoms with Crippen molar-refractivity contribution in [3.63, 3.8) is 0 Å². The van der Waals surface area contributed by atoms with Crippen molar-refractivity contribution in [1.82, 2.24) is 0 Å². The third kappa shape index (κ3) is 4.31. The largest absolute Gasteiger partial charge is 0.116 e. The van der Waals surface area contributed by atoms with Crippen molar-refractivity contribution in [2.24, 2.45) is 0 Å². The van der Waals surface area contributed by atoms with Crippen molar-refractivity contribution in [3.8, 4) is 48.4 Å². The summed E-state index contributed by atoms with van der Waals surface area (Å²) in [6.45, 7) is 0. The standard InChI is InChI=1S/C16H10S4/c1-3-13(15-17-9-10-18-15)7-5-6-8-14(4-2)16-19-11-12-20-16/h1-2H,9-12H2. The van der Waals surface area contributed by atoms with Gasteiger partial charge in [0.2, 0.25) is 0 Å². The molecular formula is C16H10S4. The molecule has 0 spiro atoms. The lowest BCUT2D eigenvalue weighted by Crippen LogP contribution is -1.76. The van der Waals surface area contributed by atoms with E-state index >= 15 is 0 Å². The summed E-state index contributed by atoms with van der Waals surface area (Å²) in [6, 6.07) is 0. The molecule has 0 nitrogen and oxygen atoms in total. The number of rotatable bonds is 0. The van der Waals surface area contributed by atoms with Crippen molar-refractivity contribution < 1.29 is 0 Å². The van der Waals surface area contributed by atoms with Crippen LogP contribution in [0.5, 0.6) is 0 Å². The lowest BCUT2D eigenvalue weighted by molar-refractivity contribution is 1.59. The summed E-state index contributed by atoms with van der Waals surface area (Å²) < 4.78 is 2.28. The van der Waals surface area contributed by atoms with Gasteiger partial charge in [0.1, 0.15) is 0 Å². The second kappa shape index (κ2) is 8.42. The molecule has 0 atom stereocenters. The van der Waals surface area contributed by atoms with Crippen LogP contribution in [0, 0.1) is 48.4 Å². The van der Waals surface area contributed by atoms with Gasteiger partial charge in [-0.25, -0.2) is 0 Å². The number of terminal acetylenes is 2. The number of hydrogen-bond acceptors (Lipinski definition) is 4. The Morgan fingerprint density at radius 3 is 1.35 bits per heavy atom. The average molecular weight is 331 g/mol. The lowest BCUT2D eigenvalue weighted by atomic mass is 10.3. The first-order chi connectivity index (χ1) is 9.85. The Morgan fingerprint density at radius 2 is 1.05 bits per heavy atom. The molecule has 2 aliphatic heterocycles. The fraction of sp³-hybridized carbons (Fsp3) is 0.250. The highest BCUT2D eigenvalue weighted by Gasteiger charge is 2.12. The second-order valence-electron chi connectivity index (χ2n) is 3.51. The van der Waals surface area contributed by atoms with Crippen LogP contribution in [0.25, 0.3) is 0 Å². The van der Waals surface area contributed by atoms with E-state index in [2.05, 4.69) is 35.5 Å². The fourth-order valence-electron chi connectivity index (χ4n) is 1.39. The van der Waals surface area contributed by atoms with E-state index in [1.165, 1.54) is 0 Å². The lowest BCUT2D eigenvalue weighted by Gasteiger charge is -1.93. The average Bonchev–Trinajstić information content (AvgIpc) is 3.15. The summed E-state index contributed by atoms with van der Waals surface area (Å²) in [5.74, 6) is 21.2. The molecule has 0 bridgehead atoms. The van der Waals surface area contributed by atoms with Gasteiger partial charge in [-0.15, -0.1) is 59.9 Å². The molecule has 0 N–H and O–H groups in total. The third-order valence-electron chi connectivity index (χ3n) is 2.23. The molecule has 2 rings (SSSR count). The highest BCUT2D eigenvalue weighted by atomic mass is 32.2. The van der Waals surface area contributed by atoms with Gasteiger partial charge in [0.25, 0.3) is 0 Å². The van der Waals surface area contributed by atoms with Gasteiger partial charge in [-0.3, -0.25) is 0 Å². The molecule has 0 aliphatic carbocycles. The van der Waals surface area contributed by atoms with Gasteiger partial charge in [-0.1, -0.05) is 11.8 Å². The Kier molecular flexibility index (Phi) is 6.53. The van der Waals surface area contributed by atoms with E-state index in [1.54, 1.807) is 47.0 Å². The van der Waals surface area contributed by atoms with Crippen molar-refractivity contribution in [3.05, 3.63) is 19.6 Å².